The van der Waals surface area contributed by atoms with Gasteiger partial charge in [0, 0.05) is 17.5 Å². The number of hydrogen-bond acceptors (Lipinski definition) is 8. The van der Waals surface area contributed by atoms with Gasteiger partial charge < -0.3 is 29.2 Å². The van der Waals surface area contributed by atoms with E-state index in [1.54, 1.807) is 32.7 Å². The van der Waals surface area contributed by atoms with E-state index in [2.05, 4.69) is 37.0 Å². The van der Waals surface area contributed by atoms with Crippen LogP contribution < -0.4 is 14.8 Å². The number of aliphatic hydroxyl groups excluding tert-OH is 1. The third-order valence-electron chi connectivity index (χ3n) is 10.8. The van der Waals surface area contributed by atoms with Crippen LogP contribution in [0.3, 0.4) is 0 Å². The van der Waals surface area contributed by atoms with Crippen molar-refractivity contribution < 1.29 is 24.1 Å². The highest BCUT2D eigenvalue weighted by atomic mass is 16.5. The van der Waals surface area contributed by atoms with Crippen molar-refractivity contribution in [3.05, 3.63) is 144 Å². The molecule has 0 aliphatic heterocycles. The molecule has 51 heavy (non-hydrogen) atoms. The summed E-state index contributed by atoms with van der Waals surface area (Å²) in [7, 11) is 3.31. The second-order valence-corrected chi connectivity index (χ2v) is 13.3. The monoisotopic (exact) mass is 681 g/mol. The van der Waals surface area contributed by atoms with Crippen molar-refractivity contribution in [1.29, 1.82) is 0 Å². The van der Waals surface area contributed by atoms with E-state index in [1.807, 2.05) is 84.9 Å². The van der Waals surface area contributed by atoms with Crippen LogP contribution in [-0.4, -0.2) is 57.5 Å². The quantitative estimate of drug-likeness (QED) is 0.143. The van der Waals surface area contributed by atoms with Crippen LogP contribution in [0.2, 0.25) is 0 Å². The summed E-state index contributed by atoms with van der Waals surface area (Å²) in [6.07, 6.45) is 5.00. The smallest absolute Gasteiger partial charge is 0.256 e. The van der Waals surface area contributed by atoms with Crippen molar-refractivity contribution in [2.45, 2.75) is 37.0 Å². The summed E-state index contributed by atoms with van der Waals surface area (Å²) in [4.78, 5) is 26.6. The Morgan fingerprint density at radius 2 is 1.41 bits per heavy atom. The predicted octanol–water partition coefficient (Wildman–Crippen LogP) is 6.81. The fraction of sp³-hybridized carbons (Fsp3) is 0.268. The van der Waals surface area contributed by atoms with Crippen LogP contribution in [0.5, 0.6) is 11.5 Å². The van der Waals surface area contributed by atoms with Crippen molar-refractivity contribution in [1.82, 2.24) is 19.5 Å². The first kappa shape index (κ1) is 32.6. The molecule has 8 rings (SSSR count). The number of fused-ring (bicyclic) bond motifs is 1. The molecule has 0 radical (unpaired) electrons. The second kappa shape index (κ2) is 13.3. The van der Waals surface area contributed by atoms with E-state index in [-0.39, 0.29) is 23.3 Å². The summed E-state index contributed by atoms with van der Waals surface area (Å²) in [5.41, 5.74) is 3.30. The highest BCUT2D eigenvalue weighted by molar-refractivity contribution is 6.06. The maximum Gasteiger partial charge on any atom is 0.256 e. The van der Waals surface area contributed by atoms with Crippen molar-refractivity contribution in [3.8, 4) is 11.5 Å². The molecule has 2 N–H and O–H groups in total. The number of amides is 1. The van der Waals surface area contributed by atoms with E-state index in [9.17, 15) is 9.90 Å². The molecule has 3 atom stereocenters. The average Bonchev–Trinajstić information content (AvgIpc) is 3.79. The Morgan fingerprint density at radius 3 is 2.00 bits per heavy atom. The van der Waals surface area contributed by atoms with Gasteiger partial charge in [-0.2, -0.15) is 0 Å². The van der Waals surface area contributed by atoms with Crippen molar-refractivity contribution in [3.63, 3.8) is 0 Å². The van der Waals surface area contributed by atoms with Gasteiger partial charge in [-0.25, -0.2) is 15.0 Å². The summed E-state index contributed by atoms with van der Waals surface area (Å²) < 4.78 is 20.4. The molecule has 6 aromatic rings. The number of rotatable bonds is 11. The zero-order valence-electron chi connectivity index (χ0n) is 28.5. The van der Waals surface area contributed by atoms with Gasteiger partial charge in [0.25, 0.3) is 5.91 Å². The maximum absolute atomic E-state index is 13.0. The lowest BCUT2D eigenvalue weighted by molar-refractivity contribution is -0.0436. The van der Waals surface area contributed by atoms with Gasteiger partial charge in [-0.3, -0.25) is 4.79 Å². The van der Waals surface area contributed by atoms with Crippen LogP contribution in [-0.2, 0) is 10.3 Å². The molecule has 2 saturated carbocycles. The van der Waals surface area contributed by atoms with Gasteiger partial charge in [-0.15, -0.1) is 0 Å². The van der Waals surface area contributed by atoms with Gasteiger partial charge in [-0.05, 0) is 77.8 Å². The summed E-state index contributed by atoms with van der Waals surface area (Å²) in [5, 5.41) is 14.7. The lowest BCUT2D eigenvalue weighted by Gasteiger charge is -2.38. The Hall–Kier alpha value is -5.58. The minimum absolute atomic E-state index is 0.0632. The molecular weight excluding hydrogens is 642 g/mol. The van der Waals surface area contributed by atoms with E-state index >= 15 is 0 Å². The maximum atomic E-state index is 13.0. The van der Waals surface area contributed by atoms with E-state index in [1.165, 1.54) is 6.33 Å². The summed E-state index contributed by atoms with van der Waals surface area (Å²) in [5.74, 6) is 1.43. The molecule has 1 spiro atoms. The SMILES string of the molecule is COc1ccc(C(OC[C@@H]2[C@@H](O)C[C@H](n3cnc4c(NC(=O)c5ccccc5)ncnc43)C23CC3)(c2ccccc2)c2ccc(OC)cc2)cc1. The molecule has 2 fully saturated rings. The minimum Gasteiger partial charge on any atom is -0.497 e. The number of aromatic nitrogens is 4. The lowest BCUT2D eigenvalue weighted by Crippen LogP contribution is -2.37. The molecule has 2 aliphatic rings. The third-order valence-corrected chi connectivity index (χ3v) is 10.8. The number of imidazole rings is 1. The first-order valence-electron chi connectivity index (χ1n) is 17.2. The zero-order valence-corrected chi connectivity index (χ0v) is 28.5. The number of methoxy groups -OCH3 is 2. The molecule has 10 heteroatoms. The Labute approximate surface area is 296 Å². The largest absolute Gasteiger partial charge is 0.497 e. The molecule has 2 heterocycles. The molecule has 258 valence electrons. The van der Waals surface area contributed by atoms with Crippen LogP contribution in [0.4, 0.5) is 5.82 Å². The summed E-state index contributed by atoms with van der Waals surface area (Å²) in [6, 6.07) is 35.1. The molecule has 1 amide bonds. The number of nitrogens with zero attached hydrogens (tertiary/aromatic N) is 4. The van der Waals surface area contributed by atoms with Gasteiger partial charge in [-0.1, -0.05) is 72.8 Å². The highest BCUT2D eigenvalue weighted by Gasteiger charge is 2.63. The molecule has 0 bridgehead atoms. The third kappa shape index (κ3) is 5.70. The predicted molar refractivity (Wildman–Crippen MR) is 193 cm³/mol. The fourth-order valence-electron chi connectivity index (χ4n) is 8.00. The first-order valence-corrected chi connectivity index (χ1v) is 17.2. The van der Waals surface area contributed by atoms with E-state index in [0.29, 0.717) is 35.6 Å². The van der Waals surface area contributed by atoms with Crippen molar-refractivity contribution in [2.24, 2.45) is 11.3 Å². The Balaban J connectivity index is 1.13. The van der Waals surface area contributed by atoms with Gasteiger partial charge >= 0.3 is 0 Å². The van der Waals surface area contributed by atoms with E-state index < -0.39 is 11.7 Å². The minimum atomic E-state index is -0.992. The van der Waals surface area contributed by atoms with E-state index in [0.717, 1.165) is 41.0 Å². The highest BCUT2D eigenvalue weighted by Crippen LogP contribution is 2.67. The molecular formula is C41H39N5O5. The number of carbonyl (C=O) groups is 1. The number of benzene rings is 4. The molecule has 0 saturated heterocycles. The number of hydrogen-bond donors (Lipinski definition) is 2. The molecule has 2 aliphatic carbocycles. The zero-order chi connectivity index (χ0) is 35.0. The van der Waals surface area contributed by atoms with Crippen molar-refractivity contribution in [2.75, 3.05) is 26.1 Å². The Kier molecular flexibility index (Phi) is 8.49. The Bertz CT molecular complexity index is 2090. The van der Waals surface area contributed by atoms with Crippen LogP contribution >= 0.6 is 0 Å². The van der Waals surface area contributed by atoms with Gasteiger partial charge in [0.05, 0.1) is 33.3 Å². The second-order valence-electron chi connectivity index (χ2n) is 13.3. The molecule has 4 aromatic carbocycles. The number of anilines is 1. The first-order chi connectivity index (χ1) is 25.0. The normalized spacial score (nSPS) is 19.2. The van der Waals surface area contributed by atoms with Gasteiger partial charge in [0.1, 0.15) is 23.4 Å². The molecule has 0 unspecified atom stereocenters. The summed E-state index contributed by atoms with van der Waals surface area (Å²) >= 11 is 0. The fourth-order valence-corrected chi connectivity index (χ4v) is 8.00. The molecule has 10 nitrogen and oxygen atoms in total. The van der Waals surface area contributed by atoms with Gasteiger partial charge in [0.2, 0.25) is 0 Å². The Morgan fingerprint density at radius 1 is 0.824 bits per heavy atom. The average molecular weight is 682 g/mol. The van der Waals surface area contributed by atoms with Crippen LogP contribution in [0.15, 0.2) is 122 Å². The standard InChI is InChI=1S/C41H39N5O5/c1-49-31-17-13-29(14-18-31)41(28-11-7-4-8-12-28,30-15-19-32(50-2)20-16-30)51-24-33-34(47)23-35(40(33)21-22-40)46-26-44-36-37(42-25-43-38(36)46)45-39(48)27-9-5-3-6-10-27/h3-20,25-26,33-35,47H,21-24H2,1-2H3,(H,42,43,45,48)/t33-,34+,35+/m1/s1. The summed E-state index contributed by atoms with van der Waals surface area (Å²) in [6.45, 7) is 0.310. The number of ether oxygens (including phenoxy) is 3. The van der Waals surface area contributed by atoms with Crippen LogP contribution in [0.25, 0.3) is 11.2 Å². The number of nitrogens with one attached hydrogen (secondary N) is 1. The lowest BCUT2D eigenvalue weighted by atomic mass is 9.79. The molecule has 2 aromatic heterocycles. The van der Waals surface area contributed by atoms with Gasteiger partial charge in [0.15, 0.2) is 17.0 Å². The number of aliphatic hydroxyl groups is 1. The van der Waals surface area contributed by atoms with Crippen molar-refractivity contribution >= 4 is 22.9 Å². The van der Waals surface area contributed by atoms with E-state index in [4.69, 9.17) is 14.2 Å². The topological polar surface area (TPSA) is 121 Å². The van der Waals surface area contributed by atoms with Crippen LogP contribution in [0.1, 0.15) is 52.4 Å². The number of carbonyl (C=O) groups excluding carboxylic acids is 1. The van der Waals surface area contributed by atoms with Crippen LogP contribution in [0, 0.1) is 11.3 Å².